The monoisotopic (exact) mass is 411 g/mol. The number of aliphatic carboxylic acids is 1. The Morgan fingerprint density at radius 1 is 1.20 bits per heavy atom. The lowest BCUT2D eigenvalue weighted by molar-refractivity contribution is -0.139. The number of carbonyl (C=O) groups is 2. The normalized spacial score (nSPS) is 10.2. The number of halogens is 2. The fraction of sp³-hybridized carbons (Fsp3) is 0.176. The molecule has 1 amide bonds. The Morgan fingerprint density at radius 3 is 2.48 bits per heavy atom. The zero-order valence-corrected chi connectivity index (χ0v) is 14.8. The van der Waals surface area contributed by atoms with Gasteiger partial charge in [-0.15, -0.1) is 0 Å². The molecule has 0 spiro atoms. The number of carboxylic acid groups (broad SMARTS) is 1. The van der Waals surface area contributed by atoms with Gasteiger partial charge < -0.3 is 14.6 Å². The predicted molar refractivity (Wildman–Crippen MR) is 91.2 cm³/mol. The van der Waals surface area contributed by atoms with E-state index in [1.807, 2.05) is 0 Å². The molecule has 0 aromatic heterocycles. The Balaban J connectivity index is 2.20. The molecule has 0 saturated heterocycles. The minimum atomic E-state index is -1.21. The van der Waals surface area contributed by atoms with Crippen molar-refractivity contribution in [2.75, 3.05) is 13.7 Å². The number of hydrogen-bond donors (Lipinski definition) is 1. The molecule has 132 valence electrons. The number of ether oxygens (including phenoxy) is 2. The Bertz CT molecular complexity index is 766. The van der Waals surface area contributed by atoms with E-state index in [1.165, 1.54) is 25.3 Å². The number of hydrogen-bond acceptors (Lipinski definition) is 4. The summed E-state index contributed by atoms with van der Waals surface area (Å²) in [5.74, 6) is -1.86. The largest absolute Gasteiger partial charge is 0.497 e. The van der Waals surface area contributed by atoms with Gasteiger partial charge in [-0.05, 0) is 29.8 Å². The van der Waals surface area contributed by atoms with E-state index in [-0.39, 0.29) is 23.0 Å². The lowest BCUT2D eigenvalue weighted by Gasteiger charge is -2.15. The van der Waals surface area contributed by atoms with Crippen molar-refractivity contribution in [2.24, 2.45) is 0 Å². The first-order chi connectivity index (χ1) is 11.9. The second-order valence-corrected chi connectivity index (χ2v) is 5.91. The zero-order valence-electron chi connectivity index (χ0n) is 13.2. The highest BCUT2D eigenvalue weighted by Crippen LogP contribution is 2.27. The van der Waals surface area contributed by atoms with Crippen molar-refractivity contribution in [3.63, 3.8) is 0 Å². The summed E-state index contributed by atoms with van der Waals surface area (Å²) in [5, 5.41) is 8.77. The molecule has 1 N–H and O–H groups in total. The van der Waals surface area contributed by atoms with Crippen LogP contribution >= 0.6 is 15.9 Å². The van der Waals surface area contributed by atoms with Crippen molar-refractivity contribution in [1.29, 1.82) is 0 Å². The third-order valence-corrected chi connectivity index (χ3v) is 3.75. The van der Waals surface area contributed by atoms with Gasteiger partial charge in [0, 0.05) is 10.5 Å². The van der Waals surface area contributed by atoms with Crippen molar-refractivity contribution < 1.29 is 28.7 Å². The van der Waals surface area contributed by atoms with Gasteiger partial charge in [0.05, 0.1) is 19.2 Å². The number of carbonyl (C=O) groups excluding carboxylic acids is 1. The highest BCUT2D eigenvalue weighted by molar-refractivity contribution is 9.10. The first kappa shape index (κ1) is 18.7. The van der Waals surface area contributed by atoms with Gasteiger partial charge in [0.2, 0.25) is 0 Å². The number of nitrogens with zero attached hydrogens (tertiary/aromatic N) is 1. The van der Waals surface area contributed by atoms with E-state index in [9.17, 15) is 14.1 Å². The van der Waals surface area contributed by atoms with Gasteiger partial charge in [-0.1, -0.05) is 32.5 Å². The van der Waals surface area contributed by atoms with Gasteiger partial charge in [-0.25, -0.2) is 4.79 Å². The second-order valence-electron chi connectivity index (χ2n) is 5.00. The molecule has 0 heterocycles. The van der Waals surface area contributed by atoms with Crippen LogP contribution in [0.2, 0.25) is 0 Å². The van der Waals surface area contributed by atoms with E-state index in [0.29, 0.717) is 11.3 Å². The van der Waals surface area contributed by atoms with Crippen LogP contribution in [0.5, 0.6) is 11.5 Å². The fourth-order valence-electron chi connectivity index (χ4n) is 2.02. The molecule has 2 aromatic rings. The Labute approximate surface area is 151 Å². The van der Waals surface area contributed by atoms with E-state index < -0.39 is 18.5 Å². The van der Waals surface area contributed by atoms with Crippen molar-refractivity contribution in [2.45, 2.75) is 6.54 Å². The Morgan fingerprint density at radius 2 is 1.88 bits per heavy atom. The molecule has 0 radical (unpaired) electrons. The molecule has 0 aliphatic rings. The zero-order chi connectivity index (χ0) is 18.4. The highest BCUT2D eigenvalue weighted by atomic mass is 79.9. The summed E-state index contributed by atoms with van der Waals surface area (Å²) in [6.45, 7) is -0.914. The third kappa shape index (κ3) is 5.18. The van der Waals surface area contributed by atoms with Crippen LogP contribution in [0.15, 0.2) is 46.9 Å². The maximum Gasteiger partial charge on any atom is 0.341 e. The fourth-order valence-corrected chi connectivity index (χ4v) is 2.28. The maximum atomic E-state index is 14.3. The van der Waals surface area contributed by atoms with Crippen molar-refractivity contribution in [3.05, 3.63) is 58.1 Å². The average Bonchev–Trinajstić information content (AvgIpc) is 2.60. The smallest absolute Gasteiger partial charge is 0.341 e. The average molecular weight is 412 g/mol. The lowest BCUT2D eigenvalue weighted by Crippen LogP contribution is -2.23. The van der Waals surface area contributed by atoms with Crippen molar-refractivity contribution in [1.82, 2.24) is 5.12 Å². The van der Waals surface area contributed by atoms with E-state index in [4.69, 9.17) is 14.6 Å². The third-order valence-electron chi connectivity index (χ3n) is 3.23. The van der Waals surface area contributed by atoms with Crippen LogP contribution in [0.3, 0.4) is 0 Å². The van der Waals surface area contributed by atoms with E-state index in [0.717, 1.165) is 4.47 Å². The van der Waals surface area contributed by atoms with E-state index in [2.05, 4.69) is 15.9 Å². The molecule has 25 heavy (non-hydrogen) atoms. The second kappa shape index (κ2) is 8.48. The van der Waals surface area contributed by atoms with Crippen LogP contribution in [-0.4, -0.2) is 35.8 Å². The minimum Gasteiger partial charge on any atom is -0.497 e. The van der Waals surface area contributed by atoms with Crippen LogP contribution in [0, 0.1) is 0 Å². The minimum absolute atomic E-state index is 0.0404. The molecule has 2 aromatic carbocycles. The molecular weight excluding hydrogens is 397 g/mol. The summed E-state index contributed by atoms with van der Waals surface area (Å²) < 4.78 is 25.2. The van der Waals surface area contributed by atoms with Gasteiger partial charge >= 0.3 is 5.97 Å². The Kier molecular flexibility index (Phi) is 6.35. The number of carboxylic acids is 1. The molecule has 0 fully saturated rings. The molecule has 0 atom stereocenters. The van der Waals surface area contributed by atoms with E-state index in [1.54, 1.807) is 24.3 Å². The van der Waals surface area contributed by atoms with Crippen LogP contribution in [0.25, 0.3) is 0 Å². The summed E-state index contributed by atoms with van der Waals surface area (Å²) >= 11 is 3.28. The molecule has 6 nitrogen and oxygen atoms in total. The maximum absolute atomic E-state index is 14.3. The van der Waals surface area contributed by atoms with Crippen LogP contribution in [0.1, 0.15) is 15.9 Å². The van der Waals surface area contributed by atoms with Crippen LogP contribution in [0.4, 0.5) is 4.48 Å². The predicted octanol–water partition coefficient (Wildman–Crippen LogP) is 3.45. The van der Waals surface area contributed by atoms with Gasteiger partial charge in [-0.2, -0.15) is 5.12 Å². The molecular formula is C17H15BrFNO5. The molecule has 8 heteroatoms. The van der Waals surface area contributed by atoms with Crippen molar-refractivity contribution in [3.8, 4) is 11.5 Å². The SMILES string of the molecule is COc1ccc(C(=O)N(F)Cc2ccc(Br)cc2)c(OCC(=O)O)c1. The summed E-state index contributed by atoms with van der Waals surface area (Å²) in [6.07, 6.45) is 0. The molecule has 0 aliphatic carbocycles. The lowest BCUT2D eigenvalue weighted by atomic mass is 10.1. The molecule has 0 saturated carbocycles. The van der Waals surface area contributed by atoms with Gasteiger partial charge in [0.25, 0.3) is 5.91 Å². The summed E-state index contributed by atoms with van der Waals surface area (Å²) in [5.41, 5.74) is 0.502. The topological polar surface area (TPSA) is 76.1 Å². The van der Waals surface area contributed by atoms with E-state index >= 15 is 0 Å². The molecule has 2 rings (SSSR count). The summed E-state index contributed by atoms with van der Waals surface area (Å²) in [7, 11) is 1.41. The first-order valence-corrected chi connectivity index (χ1v) is 7.94. The van der Waals surface area contributed by atoms with Gasteiger partial charge in [0.1, 0.15) is 11.5 Å². The number of rotatable bonds is 7. The number of methoxy groups -OCH3 is 1. The summed E-state index contributed by atoms with van der Waals surface area (Å²) in [4.78, 5) is 23.0. The quantitative estimate of drug-likeness (QED) is 0.706. The van der Waals surface area contributed by atoms with Crippen LogP contribution in [-0.2, 0) is 11.3 Å². The van der Waals surface area contributed by atoms with Gasteiger partial charge in [-0.3, -0.25) is 4.79 Å². The Hall–Kier alpha value is -2.61. The first-order valence-electron chi connectivity index (χ1n) is 7.15. The molecule has 0 unspecified atom stereocenters. The van der Waals surface area contributed by atoms with Crippen LogP contribution < -0.4 is 9.47 Å². The number of amides is 1. The molecule has 0 bridgehead atoms. The number of benzene rings is 2. The molecule has 0 aliphatic heterocycles. The summed E-state index contributed by atoms with van der Waals surface area (Å²) in [6, 6.07) is 11.0. The highest BCUT2D eigenvalue weighted by Gasteiger charge is 2.21. The van der Waals surface area contributed by atoms with Crippen molar-refractivity contribution >= 4 is 27.8 Å². The van der Waals surface area contributed by atoms with Gasteiger partial charge in [0.15, 0.2) is 6.61 Å². The standard InChI is InChI=1S/C17H15BrFNO5/c1-24-13-6-7-14(15(8-13)25-10-16(21)22)17(23)20(19)9-11-2-4-12(18)5-3-11/h2-8H,9-10H2,1H3,(H,21,22).